The third-order valence-electron chi connectivity index (χ3n) is 6.44. The van der Waals surface area contributed by atoms with Gasteiger partial charge in [0, 0.05) is 39.8 Å². The summed E-state index contributed by atoms with van der Waals surface area (Å²) in [5, 5.41) is 3.09. The number of anilines is 1. The van der Waals surface area contributed by atoms with Gasteiger partial charge in [0.2, 0.25) is 5.91 Å². The van der Waals surface area contributed by atoms with Crippen LogP contribution in [-0.2, 0) is 18.9 Å². The monoisotopic (exact) mass is 405 g/mol. The summed E-state index contributed by atoms with van der Waals surface area (Å²) in [4.78, 5) is 41.4. The minimum absolute atomic E-state index is 0.0794. The van der Waals surface area contributed by atoms with Crippen molar-refractivity contribution in [2.75, 3.05) is 44.2 Å². The summed E-state index contributed by atoms with van der Waals surface area (Å²) in [5.41, 5.74) is -0.659. The van der Waals surface area contributed by atoms with Crippen LogP contribution in [0.5, 0.6) is 0 Å². The molecule has 0 radical (unpaired) electrons. The minimum atomic E-state index is -0.341. The average Bonchev–Trinajstić information content (AvgIpc) is 2.73. The van der Waals surface area contributed by atoms with E-state index in [0.29, 0.717) is 18.9 Å². The number of nitrogens with one attached hydrogen (secondary N) is 1. The van der Waals surface area contributed by atoms with Crippen LogP contribution in [0.25, 0.3) is 0 Å². The van der Waals surface area contributed by atoms with Gasteiger partial charge in [-0.1, -0.05) is 6.92 Å². The molecule has 3 heterocycles. The molecule has 2 aliphatic rings. The molecule has 1 aromatic rings. The Morgan fingerprint density at radius 1 is 1.10 bits per heavy atom. The number of hydrogen-bond donors (Lipinski definition) is 1. The minimum Gasteiger partial charge on any atom is -0.357 e. The molecule has 3 rings (SSSR count). The van der Waals surface area contributed by atoms with Gasteiger partial charge in [0.25, 0.3) is 5.56 Å². The Hall–Kier alpha value is -2.09. The zero-order chi connectivity index (χ0) is 21.0. The average molecular weight is 406 g/mol. The summed E-state index contributed by atoms with van der Waals surface area (Å²) in [6.45, 7) is 7.68. The van der Waals surface area contributed by atoms with Crippen molar-refractivity contribution in [2.45, 2.75) is 39.0 Å². The quantitative estimate of drug-likeness (QED) is 0.699. The predicted octanol–water partition coefficient (Wildman–Crippen LogP) is 0.539. The maximum atomic E-state index is 12.7. The largest absolute Gasteiger partial charge is 0.357 e. The van der Waals surface area contributed by atoms with Crippen molar-refractivity contribution in [3.8, 4) is 0 Å². The lowest BCUT2D eigenvalue weighted by molar-refractivity contribution is -0.125. The molecule has 1 amide bonds. The number of amides is 1. The van der Waals surface area contributed by atoms with Crippen molar-refractivity contribution in [2.24, 2.45) is 25.9 Å². The molecule has 1 unspecified atom stereocenters. The molecule has 2 saturated heterocycles. The first-order chi connectivity index (χ1) is 13.9. The molecule has 1 N–H and O–H groups in total. The topological polar surface area (TPSA) is 79.6 Å². The summed E-state index contributed by atoms with van der Waals surface area (Å²) in [6.07, 6.45) is 5.23. The van der Waals surface area contributed by atoms with E-state index in [9.17, 15) is 14.4 Å². The summed E-state index contributed by atoms with van der Waals surface area (Å²) in [5.74, 6) is 1.40. The van der Waals surface area contributed by atoms with Gasteiger partial charge in [-0.3, -0.25) is 18.7 Å². The lowest BCUT2D eigenvalue weighted by atomic mass is 9.97. The number of hydrogen-bond acceptors (Lipinski definition) is 5. The second-order valence-electron chi connectivity index (χ2n) is 8.70. The number of piperidine rings is 2. The smallest absolute Gasteiger partial charge is 0.332 e. The van der Waals surface area contributed by atoms with Gasteiger partial charge < -0.3 is 15.1 Å². The lowest BCUT2D eigenvalue weighted by Crippen LogP contribution is -2.47. The lowest BCUT2D eigenvalue weighted by Gasteiger charge is -2.34. The van der Waals surface area contributed by atoms with Gasteiger partial charge in [-0.2, -0.15) is 0 Å². The first-order valence-electron chi connectivity index (χ1n) is 10.9. The van der Waals surface area contributed by atoms with E-state index in [1.807, 2.05) is 4.90 Å². The van der Waals surface area contributed by atoms with Gasteiger partial charge >= 0.3 is 5.69 Å². The van der Waals surface area contributed by atoms with Gasteiger partial charge in [0.15, 0.2) is 0 Å². The van der Waals surface area contributed by atoms with Crippen LogP contribution < -0.4 is 21.5 Å². The van der Waals surface area contributed by atoms with Crippen LogP contribution in [0.4, 0.5) is 5.82 Å². The van der Waals surface area contributed by atoms with Crippen molar-refractivity contribution < 1.29 is 4.79 Å². The third kappa shape index (κ3) is 5.29. The molecule has 162 valence electrons. The molecule has 0 bridgehead atoms. The Kier molecular flexibility index (Phi) is 7.16. The van der Waals surface area contributed by atoms with Gasteiger partial charge in [-0.25, -0.2) is 4.79 Å². The number of carbonyl (C=O) groups is 1. The first kappa shape index (κ1) is 21.6. The molecule has 29 heavy (non-hydrogen) atoms. The van der Waals surface area contributed by atoms with E-state index < -0.39 is 0 Å². The van der Waals surface area contributed by atoms with Gasteiger partial charge in [-0.15, -0.1) is 0 Å². The summed E-state index contributed by atoms with van der Waals surface area (Å²) >= 11 is 0. The van der Waals surface area contributed by atoms with Crippen molar-refractivity contribution in [3.05, 3.63) is 26.9 Å². The molecule has 8 nitrogen and oxygen atoms in total. The van der Waals surface area contributed by atoms with Gasteiger partial charge in [-0.05, 0) is 57.7 Å². The van der Waals surface area contributed by atoms with E-state index in [2.05, 4.69) is 17.1 Å². The Balaban J connectivity index is 1.50. The van der Waals surface area contributed by atoms with Crippen LogP contribution in [0.2, 0.25) is 0 Å². The summed E-state index contributed by atoms with van der Waals surface area (Å²) in [7, 11) is 3.15. The fourth-order valence-corrected chi connectivity index (χ4v) is 4.37. The van der Waals surface area contributed by atoms with Crippen molar-refractivity contribution in [1.29, 1.82) is 0 Å². The molecule has 2 aliphatic heterocycles. The number of rotatable bonds is 6. The molecule has 0 aliphatic carbocycles. The highest BCUT2D eigenvalue weighted by Gasteiger charge is 2.27. The Labute approximate surface area is 172 Å². The molecule has 1 aromatic heterocycles. The van der Waals surface area contributed by atoms with Crippen LogP contribution >= 0.6 is 0 Å². The normalized spacial score (nSPS) is 21.3. The molecule has 0 spiro atoms. The highest BCUT2D eigenvalue weighted by atomic mass is 16.2. The van der Waals surface area contributed by atoms with Crippen LogP contribution in [0.3, 0.4) is 0 Å². The first-order valence-corrected chi connectivity index (χ1v) is 10.9. The van der Waals surface area contributed by atoms with Crippen molar-refractivity contribution in [3.63, 3.8) is 0 Å². The van der Waals surface area contributed by atoms with E-state index in [1.54, 1.807) is 7.05 Å². The Bertz CT molecular complexity index is 823. The molecular formula is C21H35N5O3. The van der Waals surface area contributed by atoms with Gasteiger partial charge in [0.05, 0.1) is 5.92 Å². The highest BCUT2D eigenvalue weighted by Crippen LogP contribution is 2.21. The van der Waals surface area contributed by atoms with E-state index in [4.69, 9.17) is 0 Å². The van der Waals surface area contributed by atoms with E-state index in [0.717, 1.165) is 42.8 Å². The van der Waals surface area contributed by atoms with Crippen LogP contribution in [0, 0.1) is 11.8 Å². The second-order valence-corrected chi connectivity index (χ2v) is 8.70. The Morgan fingerprint density at radius 3 is 2.55 bits per heavy atom. The molecular weight excluding hydrogens is 370 g/mol. The van der Waals surface area contributed by atoms with Crippen molar-refractivity contribution >= 4 is 11.7 Å². The predicted molar refractivity (Wildman–Crippen MR) is 114 cm³/mol. The summed E-state index contributed by atoms with van der Waals surface area (Å²) in [6, 6.07) is 1.49. The van der Waals surface area contributed by atoms with Crippen LogP contribution in [0.15, 0.2) is 15.7 Å². The van der Waals surface area contributed by atoms with E-state index in [1.165, 1.54) is 43.6 Å². The maximum absolute atomic E-state index is 12.7. The van der Waals surface area contributed by atoms with Crippen molar-refractivity contribution in [1.82, 2.24) is 19.4 Å². The number of likely N-dealkylation sites (tertiary alicyclic amines) is 1. The van der Waals surface area contributed by atoms with E-state index >= 15 is 0 Å². The zero-order valence-corrected chi connectivity index (χ0v) is 18.0. The van der Waals surface area contributed by atoms with Gasteiger partial charge in [0.1, 0.15) is 5.82 Å². The number of carbonyl (C=O) groups excluding carboxylic acids is 1. The molecule has 1 atom stereocenters. The molecule has 0 saturated carbocycles. The summed E-state index contributed by atoms with van der Waals surface area (Å²) < 4.78 is 2.59. The fraction of sp³-hybridized carbons (Fsp3) is 0.762. The highest BCUT2D eigenvalue weighted by molar-refractivity contribution is 5.79. The standard InChI is InChI=1S/C21H35N5O3/c1-16-7-12-25(13-8-16)10-5-9-22-20(28)17-6-4-11-26(15-17)18-14-19(27)24(3)21(29)23(18)2/h14,16-17H,4-13,15H2,1-3H3,(H,22,28). The number of nitrogens with zero attached hydrogens (tertiary/aromatic N) is 4. The SMILES string of the molecule is CC1CCN(CCCNC(=O)C2CCCN(c3cc(=O)n(C)c(=O)n3C)C2)CC1. The maximum Gasteiger partial charge on any atom is 0.332 e. The van der Waals surface area contributed by atoms with E-state index in [-0.39, 0.29) is 23.1 Å². The van der Waals surface area contributed by atoms with Crippen LogP contribution in [-0.4, -0.2) is 59.2 Å². The molecule has 8 heteroatoms. The number of aromatic nitrogens is 2. The fourth-order valence-electron chi connectivity index (χ4n) is 4.37. The third-order valence-corrected chi connectivity index (χ3v) is 6.44. The zero-order valence-electron chi connectivity index (χ0n) is 18.0. The second kappa shape index (κ2) is 9.61. The van der Waals surface area contributed by atoms with Crippen LogP contribution in [0.1, 0.15) is 39.0 Å². The molecule has 0 aromatic carbocycles. The molecule has 2 fully saturated rings. The Morgan fingerprint density at radius 2 is 1.83 bits per heavy atom.